The van der Waals surface area contributed by atoms with Crippen molar-refractivity contribution in [3.05, 3.63) is 23.8 Å². The fourth-order valence-electron chi connectivity index (χ4n) is 3.29. The SMILES string of the molecule is COCCNC(=NCc1nnc(C)n1C)N1CCC(N2CC=CC2)C1. The third-order valence-corrected chi connectivity index (χ3v) is 4.97. The number of ether oxygens (including phenoxy) is 1. The molecule has 2 aliphatic rings. The summed E-state index contributed by atoms with van der Waals surface area (Å²) in [5.74, 6) is 2.72. The van der Waals surface area contributed by atoms with Gasteiger partial charge >= 0.3 is 0 Å². The molecule has 0 amide bonds. The Bertz CT molecular complexity index is 617. The summed E-state index contributed by atoms with van der Waals surface area (Å²) in [5, 5.41) is 11.7. The molecule has 1 aromatic heterocycles. The minimum atomic E-state index is 0.527. The lowest BCUT2D eigenvalue weighted by Gasteiger charge is -2.25. The predicted octanol–water partition coefficient (Wildman–Crippen LogP) is 0.162. The number of nitrogens with zero attached hydrogens (tertiary/aromatic N) is 6. The zero-order chi connectivity index (χ0) is 17.6. The van der Waals surface area contributed by atoms with Crippen molar-refractivity contribution < 1.29 is 4.74 Å². The maximum atomic E-state index is 5.16. The molecule has 1 aromatic rings. The fraction of sp³-hybridized carbons (Fsp3) is 0.706. The molecular formula is C17H29N7O. The Morgan fingerprint density at radius 1 is 1.36 bits per heavy atom. The van der Waals surface area contributed by atoms with Crippen molar-refractivity contribution in [2.75, 3.05) is 46.4 Å². The second-order valence-corrected chi connectivity index (χ2v) is 6.60. The maximum absolute atomic E-state index is 5.16. The van der Waals surface area contributed by atoms with Gasteiger partial charge in [-0.25, -0.2) is 4.99 Å². The van der Waals surface area contributed by atoms with Crippen molar-refractivity contribution in [2.24, 2.45) is 12.0 Å². The van der Waals surface area contributed by atoms with E-state index in [-0.39, 0.29) is 0 Å². The number of likely N-dealkylation sites (tertiary alicyclic amines) is 1. The molecule has 2 aliphatic heterocycles. The van der Waals surface area contributed by atoms with Crippen LogP contribution in [-0.2, 0) is 18.3 Å². The molecule has 0 radical (unpaired) electrons. The Labute approximate surface area is 149 Å². The van der Waals surface area contributed by atoms with Crippen molar-refractivity contribution in [1.29, 1.82) is 0 Å². The minimum absolute atomic E-state index is 0.527. The van der Waals surface area contributed by atoms with Gasteiger partial charge in [-0.05, 0) is 13.3 Å². The van der Waals surface area contributed by atoms with E-state index in [0.29, 0.717) is 19.2 Å². The monoisotopic (exact) mass is 347 g/mol. The van der Waals surface area contributed by atoms with Gasteiger partial charge in [-0.15, -0.1) is 10.2 Å². The van der Waals surface area contributed by atoms with Crippen molar-refractivity contribution >= 4 is 5.96 Å². The van der Waals surface area contributed by atoms with Crippen LogP contribution < -0.4 is 5.32 Å². The summed E-state index contributed by atoms with van der Waals surface area (Å²) in [5.41, 5.74) is 0. The van der Waals surface area contributed by atoms with Crippen molar-refractivity contribution in [3.8, 4) is 0 Å². The number of guanidine groups is 1. The van der Waals surface area contributed by atoms with Gasteiger partial charge in [0.2, 0.25) is 0 Å². The van der Waals surface area contributed by atoms with Crippen LogP contribution in [0.4, 0.5) is 0 Å². The van der Waals surface area contributed by atoms with Gasteiger partial charge in [-0.1, -0.05) is 12.2 Å². The number of aromatic nitrogens is 3. The van der Waals surface area contributed by atoms with Gasteiger partial charge < -0.3 is 19.5 Å². The number of aliphatic imine (C=N–C) groups is 1. The van der Waals surface area contributed by atoms with Crippen LogP contribution in [0.2, 0.25) is 0 Å². The summed E-state index contributed by atoms with van der Waals surface area (Å²) >= 11 is 0. The van der Waals surface area contributed by atoms with E-state index in [9.17, 15) is 0 Å². The molecule has 1 saturated heterocycles. The van der Waals surface area contributed by atoms with Crippen LogP contribution in [0.25, 0.3) is 0 Å². The van der Waals surface area contributed by atoms with Crippen LogP contribution in [0.15, 0.2) is 17.1 Å². The smallest absolute Gasteiger partial charge is 0.194 e. The average Bonchev–Trinajstić information content (AvgIpc) is 3.34. The quantitative estimate of drug-likeness (QED) is 0.342. The molecule has 3 rings (SSSR count). The third-order valence-electron chi connectivity index (χ3n) is 4.97. The summed E-state index contributed by atoms with van der Waals surface area (Å²) in [6.45, 7) is 8.07. The highest BCUT2D eigenvalue weighted by Crippen LogP contribution is 2.18. The normalized spacial score (nSPS) is 21.5. The first-order valence-electron chi connectivity index (χ1n) is 8.95. The van der Waals surface area contributed by atoms with Gasteiger partial charge in [0.15, 0.2) is 11.8 Å². The van der Waals surface area contributed by atoms with E-state index in [1.807, 2.05) is 18.5 Å². The minimum Gasteiger partial charge on any atom is -0.383 e. The van der Waals surface area contributed by atoms with E-state index in [1.165, 1.54) is 6.42 Å². The number of hydrogen-bond acceptors (Lipinski definition) is 5. The van der Waals surface area contributed by atoms with Crippen LogP contribution in [-0.4, -0.2) is 83.0 Å². The Balaban J connectivity index is 1.64. The van der Waals surface area contributed by atoms with Crippen LogP contribution in [0, 0.1) is 6.92 Å². The third kappa shape index (κ3) is 4.38. The molecule has 8 heteroatoms. The summed E-state index contributed by atoms with van der Waals surface area (Å²) in [4.78, 5) is 9.68. The predicted molar refractivity (Wildman–Crippen MR) is 97.4 cm³/mol. The van der Waals surface area contributed by atoms with E-state index in [1.54, 1.807) is 7.11 Å². The van der Waals surface area contributed by atoms with Crippen molar-refractivity contribution in [1.82, 2.24) is 29.9 Å². The van der Waals surface area contributed by atoms with Gasteiger partial charge in [0.05, 0.1) is 6.61 Å². The molecule has 8 nitrogen and oxygen atoms in total. The Morgan fingerprint density at radius 3 is 2.84 bits per heavy atom. The lowest BCUT2D eigenvalue weighted by Crippen LogP contribution is -2.43. The average molecular weight is 347 g/mol. The molecule has 25 heavy (non-hydrogen) atoms. The van der Waals surface area contributed by atoms with Crippen LogP contribution >= 0.6 is 0 Å². The lowest BCUT2D eigenvalue weighted by molar-refractivity contribution is 0.202. The largest absolute Gasteiger partial charge is 0.383 e. The van der Waals surface area contributed by atoms with Crippen LogP contribution in [0.1, 0.15) is 18.1 Å². The first-order valence-corrected chi connectivity index (χ1v) is 8.95. The fourth-order valence-corrected chi connectivity index (χ4v) is 3.29. The Hall–Kier alpha value is -1.93. The Kier molecular flexibility index (Phi) is 6.04. The van der Waals surface area contributed by atoms with E-state index in [4.69, 9.17) is 9.73 Å². The molecule has 138 valence electrons. The highest BCUT2D eigenvalue weighted by Gasteiger charge is 2.29. The van der Waals surface area contributed by atoms with Crippen LogP contribution in [0.3, 0.4) is 0 Å². The maximum Gasteiger partial charge on any atom is 0.194 e. The molecular weight excluding hydrogens is 318 g/mol. The molecule has 0 saturated carbocycles. The van der Waals surface area contributed by atoms with Gasteiger partial charge in [0, 0.05) is 52.9 Å². The van der Waals surface area contributed by atoms with E-state index in [2.05, 4.69) is 37.5 Å². The first-order chi connectivity index (χ1) is 12.2. The van der Waals surface area contributed by atoms with E-state index >= 15 is 0 Å². The number of aryl methyl sites for hydroxylation is 1. The second kappa shape index (κ2) is 8.44. The summed E-state index contributed by atoms with van der Waals surface area (Å²) < 4.78 is 7.15. The van der Waals surface area contributed by atoms with Crippen molar-refractivity contribution in [2.45, 2.75) is 25.9 Å². The molecule has 0 aromatic carbocycles. The summed E-state index contributed by atoms with van der Waals surface area (Å²) in [7, 11) is 3.69. The first kappa shape index (κ1) is 17.9. The van der Waals surface area contributed by atoms with Gasteiger partial charge in [0.1, 0.15) is 12.4 Å². The second-order valence-electron chi connectivity index (χ2n) is 6.60. The number of rotatable bonds is 6. The lowest BCUT2D eigenvalue weighted by atomic mass is 10.2. The number of hydrogen-bond donors (Lipinski definition) is 1. The summed E-state index contributed by atoms with van der Waals surface area (Å²) in [6.07, 6.45) is 5.69. The van der Waals surface area contributed by atoms with E-state index < -0.39 is 0 Å². The number of methoxy groups -OCH3 is 1. The summed E-state index contributed by atoms with van der Waals surface area (Å²) in [6, 6.07) is 0.599. The zero-order valence-electron chi connectivity index (χ0n) is 15.5. The molecule has 1 atom stereocenters. The standard InChI is InChI=1S/C17H29N7O/c1-14-20-21-16(22(14)2)12-19-17(18-7-11-25-3)24-10-6-15(13-24)23-8-4-5-9-23/h4-5,15H,6-13H2,1-3H3,(H,18,19). The van der Waals surface area contributed by atoms with Gasteiger partial charge in [-0.2, -0.15) is 0 Å². The molecule has 3 heterocycles. The molecule has 1 N–H and O–H groups in total. The topological polar surface area (TPSA) is 70.8 Å². The highest BCUT2D eigenvalue weighted by molar-refractivity contribution is 5.80. The van der Waals surface area contributed by atoms with Crippen LogP contribution in [0.5, 0.6) is 0 Å². The van der Waals surface area contributed by atoms with Gasteiger partial charge in [-0.3, -0.25) is 4.90 Å². The highest BCUT2D eigenvalue weighted by atomic mass is 16.5. The molecule has 0 spiro atoms. The Morgan fingerprint density at radius 2 is 2.16 bits per heavy atom. The van der Waals surface area contributed by atoms with Gasteiger partial charge in [0.25, 0.3) is 0 Å². The zero-order valence-corrected chi connectivity index (χ0v) is 15.5. The molecule has 0 aliphatic carbocycles. The molecule has 1 unspecified atom stereocenters. The number of nitrogens with one attached hydrogen (secondary N) is 1. The van der Waals surface area contributed by atoms with E-state index in [0.717, 1.165) is 50.3 Å². The van der Waals surface area contributed by atoms with Crippen molar-refractivity contribution in [3.63, 3.8) is 0 Å². The molecule has 0 bridgehead atoms. The molecule has 1 fully saturated rings.